The third-order valence-electron chi connectivity index (χ3n) is 4.20. The first kappa shape index (κ1) is 15.4. The van der Waals surface area contributed by atoms with E-state index in [4.69, 9.17) is 22.7 Å². The lowest BCUT2D eigenvalue weighted by Crippen LogP contribution is -2.49. The van der Waals surface area contributed by atoms with Crippen molar-refractivity contribution in [2.45, 2.75) is 37.8 Å². The second kappa shape index (κ2) is 6.66. The van der Waals surface area contributed by atoms with Crippen LogP contribution in [0.2, 0.25) is 0 Å². The molecule has 1 aliphatic heterocycles. The monoisotopic (exact) mass is 292 g/mol. The van der Waals surface area contributed by atoms with Gasteiger partial charge in [0.1, 0.15) is 0 Å². The Morgan fingerprint density at radius 1 is 1.45 bits per heavy atom. The van der Waals surface area contributed by atoms with Crippen LogP contribution in [0.1, 0.15) is 37.8 Å². The van der Waals surface area contributed by atoms with Gasteiger partial charge in [-0.1, -0.05) is 42.5 Å². The summed E-state index contributed by atoms with van der Waals surface area (Å²) in [7, 11) is 1.80. The highest BCUT2D eigenvalue weighted by molar-refractivity contribution is 7.80. The van der Waals surface area contributed by atoms with Gasteiger partial charge in [-0.3, -0.25) is 4.90 Å². The molecule has 0 amide bonds. The maximum absolute atomic E-state index is 5.81. The molecule has 2 atom stereocenters. The van der Waals surface area contributed by atoms with Crippen LogP contribution in [0.15, 0.2) is 30.3 Å². The average Bonchev–Trinajstić information content (AvgIpc) is 2.45. The molecule has 3 nitrogen and oxygen atoms in total. The van der Waals surface area contributed by atoms with Crippen LogP contribution in [-0.2, 0) is 4.74 Å². The highest BCUT2D eigenvalue weighted by Gasteiger charge is 2.34. The third kappa shape index (κ3) is 3.78. The molecule has 1 aromatic rings. The second-order valence-corrected chi connectivity index (χ2v) is 6.35. The van der Waals surface area contributed by atoms with Gasteiger partial charge in [-0.2, -0.15) is 0 Å². The smallest absolute Gasteiger partial charge is 0.0777 e. The van der Waals surface area contributed by atoms with Crippen molar-refractivity contribution < 1.29 is 4.74 Å². The molecule has 0 aliphatic carbocycles. The number of thiocarbonyl (C=S) groups is 1. The van der Waals surface area contributed by atoms with Crippen LogP contribution in [0.3, 0.4) is 0 Å². The zero-order chi connectivity index (χ0) is 14.6. The number of piperidine rings is 1. The van der Waals surface area contributed by atoms with E-state index in [2.05, 4.69) is 36.1 Å². The molecule has 0 radical (unpaired) electrons. The van der Waals surface area contributed by atoms with Gasteiger partial charge in [0.2, 0.25) is 0 Å². The van der Waals surface area contributed by atoms with Crippen molar-refractivity contribution in [3.8, 4) is 0 Å². The topological polar surface area (TPSA) is 38.5 Å². The van der Waals surface area contributed by atoms with E-state index in [-0.39, 0.29) is 11.6 Å². The van der Waals surface area contributed by atoms with Crippen LogP contribution in [0.5, 0.6) is 0 Å². The summed E-state index contributed by atoms with van der Waals surface area (Å²) in [6.45, 7) is 4.18. The predicted octanol–water partition coefficient (Wildman–Crippen LogP) is 2.90. The fourth-order valence-corrected chi connectivity index (χ4v) is 3.16. The van der Waals surface area contributed by atoms with Crippen molar-refractivity contribution in [1.82, 2.24) is 4.90 Å². The standard InChI is InChI=1S/C16H24N2OS/c1-16(19-2)9-6-10-18(12-16)14(11-15(17)20)13-7-4-3-5-8-13/h3-5,7-8,14H,6,9-12H2,1-2H3,(H2,17,20). The Balaban J connectivity index is 2.20. The molecule has 1 heterocycles. The lowest BCUT2D eigenvalue weighted by Gasteiger charge is -2.43. The van der Waals surface area contributed by atoms with E-state index in [1.54, 1.807) is 7.11 Å². The lowest BCUT2D eigenvalue weighted by molar-refractivity contribution is -0.0610. The Morgan fingerprint density at radius 2 is 2.15 bits per heavy atom. The van der Waals surface area contributed by atoms with Gasteiger partial charge < -0.3 is 10.5 Å². The first-order chi connectivity index (χ1) is 9.54. The van der Waals surface area contributed by atoms with Crippen molar-refractivity contribution in [3.05, 3.63) is 35.9 Å². The summed E-state index contributed by atoms with van der Waals surface area (Å²) in [5.41, 5.74) is 7.02. The lowest BCUT2D eigenvalue weighted by atomic mass is 9.91. The molecular weight excluding hydrogens is 268 g/mol. The van der Waals surface area contributed by atoms with Crippen molar-refractivity contribution in [3.63, 3.8) is 0 Å². The van der Waals surface area contributed by atoms with Crippen molar-refractivity contribution in [2.24, 2.45) is 5.73 Å². The number of likely N-dealkylation sites (tertiary alicyclic amines) is 1. The summed E-state index contributed by atoms with van der Waals surface area (Å²) in [6, 6.07) is 10.7. The molecule has 2 rings (SSSR count). The van der Waals surface area contributed by atoms with Gasteiger partial charge in [0, 0.05) is 26.1 Å². The van der Waals surface area contributed by atoms with Crippen molar-refractivity contribution in [2.75, 3.05) is 20.2 Å². The Kier molecular flexibility index (Phi) is 5.13. The summed E-state index contributed by atoms with van der Waals surface area (Å²) in [4.78, 5) is 3.03. The van der Waals surface area contributed by atoms with Crippen LogP contribution >= 0.6 is 12.2 Å². The number of ether oxygens (including phenoxy) is 1. The van der Waals surface area contributed by atoms with E-state index in [1.807, 2.05) is 6.07 Å². The van der Waals surface area contributed by atoms with E-state index < -0.39 is 0 Å². The molecule has 0 bridgehead atoms. The van der Waals surface area contributed by atoms with E-state index in [1.165, 1.54) is 5.56 Å². The maximum atomic E-state index is 5.81. The van der Waals surface area contributed by atoms with Crippen LogP contribution < -0.4 is 5.73 Å². The number of nitrogens with two attached hydrogens (primary N) is 1. The summed E-state index contributed by atoms with van der Waals surface area (Å²) in [5.74, 6) is 0. The normalized spacial score (nSPS) is 25.3. The van der Waals surface area contributed by atoms with Crippen molar-refractivity contribution in [1.29, 1.82) is 0 Å². The summed E-state index contributed by atoms with van der Waals surface area (Å²) >= 11 is 5.15. The van der Waals surface area contributed by atoms with Gasteiger partial charge in [-0.05, 0) is 31.9 Å². The number of nitrogens with zero attached hydrogens (tertiary/aromatic N) is 1. The number of hydrogen-bond donors (Lipinski definition) is 1. The van der Waals surface area contributed by atoms with Gasteiger partial charge in [0.25, 0.3) is 0 Å². The molecule has 2 N–H and O–H groups in total. The first-order valence-electron chi connectivity index (χ1n) is 7.16. The van der Waals surface area contributed by atoms with Crippen LogP contribution in [0, 0.1) is 0 Å². The SMILES string of the molecule is COC1(C)CCCN(C(CC(N)=S)c2ccccc2)C1. The minimum absolute atomic E-state index is 0.0680. The molecule has 1 saturated heterocycles. The molecule has 1 fully saturated rings. The fourth-order valence-electron chi connectivity index (χ4n) is 3.00. The Bertz CT molecular complexity index is 451. The van der Waals surface area contributed by atoms with Gasteiger partial charge in [0.05, 0.1) is 10.6 Å². The maximum Gasteiger partial charge on any atom is 0.0777 e. The zero-order valence-electron chi connectivity index (χ0n) is 12.3. The minimum atomic E-state index is -0.0680. The summed E-state index contributed by atoms with van der Waals surface area (Å²) in [5, 5.41) is 0. The van der Waals surface area contributed by atoms with E-state index in [0.29, 0.717) is 4.99 Å². The fraction of sp³-hybridized carbons (Fsp3) is 0.562. The van der Waals surface area contributed by atoms with Crippen molar-refractivity contribution >= 4 is 17.2 Å². The predicted molar refractivity (Wildman–Crippen MR) is 86.8 cm³/mol. The first-order valence-corrected chi connectivity index (χ1v) is 7.57. The molecule has 4 heteroatoms. The number of methoxy groups -OCH3 is 1. The van der Waals surface area contributed by atoms with Crippen LogP contribution in [-0.4, -0.2) is 35.7 Å². The van der Waals surface area contributed by atoms with E-state index >= 15 is 0 Å². The number of hydrogen-bond acceptors (Lipinski definition) is 3. The quantitative estimate of drug-likeness (QED) is 0.847. The van der Waals surface area contributed by atoms with Gasteiger partial charge >= 0.3 is 0 Å². The van der Waals surface area contributed by atoms with E-state index in [0.717, 1.165) is 32.4 Å². The van der Waals surface area contributed by atoms with Gasteiger partial charge in [0.15, 0.2) is 0 Å². The molecule has 1 aromatic carbocycles. The molecule has 0 spiro atoms. The molecule has 0 saturated carbocycles. The highest BCUT2D eigenvalue weighted by atomic mass is 32.1. The Hall–Kier alpha value is -0.970. The van der Waals surface area contributed by atoms with Crippen LogP contribution in [0.25, 0.3) is 0 Å². The largest absolute Gasteiger partial charge is 0.393 e. The third-order valence-corrected chi connectivity index (χ3v) is 4.37. The van der Waals surface area contributed by atoms with Crippen LogP contribution in [0.4, 0.5) is 0 Å². The minimum Gasteiger partial charge on any atom is -0.393 e. The summed E-state index contributed by atoms with van der Waals surface area (Å²) in [6.07, 6.45) is 2.97. The molecule has 20 heavy (non-hydrogen) atoms. The van der Waals surface area contributed by atoms with Gasteiger partial charge in [-0.15, -0.1) is 0 Å². The highest BCUT2D eigenvalue weighted by Crippen LogP contribution is 2.32. The Morgan fingerprint density at radius 3 is 2.75 bits per heavy atom. The summed E-state index contributed by atoms with van der Waals surface area (Å²) < 4.78 is 5.69. The molecule has 1 aliphatic rings. The number of rotatable bonds is 5. The molecule has 0 aromatic heterocycles. The molecule has 110 valence electrons. The second-order valence-electron chi connectivity index (χ2n) is 5.82. The molecular formula is C16H24N2OS. The van der Waals surface area contributed by atoms with E-state index in [9.17, 15) is 0 Å². The zero-order valence-corrected chi connectivity index (χ0v) is 13.2. The average molecular weight is 292 g/mol. The van der Waals surface area contributed by atoms with Gasteiger partial charge in [-0.25, -0.2) is 0 Å². The Labute approximate surface area is 127 Å². The molecule has 2 unspecified atom stereocenters. The number of benzene rings is 1.